The maximum absolute atomic E-state index is 7.01. The van der Waals surface area contributed by atoms with Crippen LogP contribution < -0.4 is 0 Å². The molecule has 0 aromatic heterocycles. The normalized spacial score (nSPS) is 27.1. The molecule has 144 valence electrons. The topological polar surface area (TPSA) is 12.5 Å². The van der Waals surface area contributed by atoms with Crippen LogP contribution in [0.3, 0.4) is 0 Å². The molecule has 1 saturated carbocycles. The van der Waals surface area contributed by atoms with Gasteiger partial charge in [-0.3, -0.25) is 4.90 Å². The van der Waals surface area contributed by atoms with Gasteiger partial charge >= 0.3 is 0 Å². The van der Waals surface area contributed by atoms with Crippen molar-refractivity contribution < 1.29 is 4.74 Å². The van der Waals surface area contributed by atoms with Crippen LogP contribution in [0, 0.1) is 0 Å². The van der Waals surface area contributed by atoms with Gasteiger partial charge < -0.3 is 4.74 Å². The number of alkyl halides is 1. The Kier molecular flexibility index (Phi) is 6.49. The maximum atomic E-state index is 7.01. The number of nitrogens with zero attached hydrogens (tertiary/aromatic N) is 1. The summed E-state index contributed by atoms with van der Waals surface area (Å²) in [6.45, 7) is 1.61. The van der Waals surface area contributed by atoms with Crippen molar-refractivity contribution in [2.45, 2.75) is 68.7 Å². The van der Waals surface area contributed by atoms with Crippen LogP contribution >= 0.6 is 11.6 Å². The van der Waals surface area contributed by atoms with Crippen LogP contribution in [0.4, 0.5) is 0 Å². The van der Waals surface area contributed by atoms with Crippen LogP contribution in [0.5, 0.6) is 0 Å². The van der Waals surface area contributed by atoms with Crippen molar-refractivity contribution in [1.29, 1.82) is 0 Å². The van der Waals surface area contributed by atoms with Gasteiger partial charge in [-0.05, 0) is 30.4 Å². The van der Waals surface area contributed by atoms with Gasteiger partial charge in [0, 0.05) is 18.6 Å². The summed E-state index contributed by atoms with van der Waals surface area (Å²) in [6, 6.07) is 22.2. The summed E-state index contributed by atoms with van der Waals surface area (Å²) in [7, 11) is 0. The first-order valence-corrected chi connectivity index (χ1v) is 10.8. The fourth-order valence-corrected chi connectivity index (χ4v) is 5.10. The van der Waals surface area contributed by atoms with E-state index in [4.69, 9.17) is 16.3 Å². The van der Waals surface area contributed by atoms with Crippen molar-refractivity contribution in [3.8, 4) is 0 Å². The molecule has 1 saturated heterocycles. The lowest BCUT2D eigenvalue weighted by Gasteiger charge is -2.36. The zero-order valence-electron chi connectivity index (χ0n) is 16.0. The van der Waals surface area contributed by atoms with Gasteiger partial charge in [-0.1, -0.05) is 79.9 Å². The predicted molar refractivity (Wildman–Crippen MR) is 112 cm³/mol. The smallest absolute Gasteiger partial charge is 0.0885 e. The number of ether oxygens (including phenoxy) is 1. The van der Waals surface area contributed by atoms with E-state index in [9.17, 15) is 0 Å². The van der Waals surface area contributed by atoms with Gasteiger partial charge in [0.2, 0.25) is 0 Å². The summed E-state index contributed by atoms with van der Waals surface area (Å²) in [6.07, 6.45) is 7.80. The summed E-state index contributed by atoms with van der Waals surface area (Å²) in [5, 5.41) is 0.0378. The third-order valence-corrected chi connectivity index (χ3v) is 6.75. The van der Waals surface area contributed by atoms with Crippen molar-refractivity contribution in [2.75, 3.05) is 6.54 Å². The van der Waals surface area contributed by atoms with Gasteiger partial charge in [-0.25, -0.2) is 0 Å². The standard InChI is InChI=1S/C24H30ClNO/c25-24-22(16-19-10-4-1-5-11-19)26(21-14-8-3-9-15-21)17-23(24)27-18-20-12-6-2-7-13-20/h1-2,4-7,10-13,21-24H,3,8-9,14-18H2/t22-,23-,24+/m1/s1. The molecule has 0 spiro atoms. The van der Waals surface area contributed by atoms with E-state index < -0.39 is 0 Å². The lowest BCUT2D eigenvalue weighted by atomic mass is 9.93. The fourth-order valence-electron chi connectivity index (χ4n) is 4.71. The Morgan fingerprint density at radius 2 is 1.48 bits per heavy atom. The molecule has 27 heavy (non-hydrogen) atoms. The molecular weight excluding hydrogens is 354 g/mol. The molecular formula is C24H30ClNO. The molecule has 1 heterocycles. The Balaban J connectivity index is 1.47. The second-order valence-corrected chi connectivity index (χ2v) is 8.53. The molecule has 2 aliphatic rings. The second kappa shape index (κ2) is 9.23. The Hall–Kier alpha value is -1.35. The average Bonchev–Trinajstić information content (AvgIpc) is 3.04. The van der Waals surface area contributed by atoms with Crippen LogP contribution in [-0.2, 0) is 17.8 Å². The van der Waals surface area contributed by atoms with Crippen molar-refractivity contribution in [1.82, 2.24) is 4.90 Å². The number of hydrogen-bond acceptors (Lipinski definition) is 2. The van der Waals surface area contributed by atoms with Gasteiger partial charge in [0.15, 0.2) is 0 Å². The zero-order chi connectivity index (χ0) is 18.5. The van der Waals surface area contributed by atoms with Crippen molar-refractivity contribution in [2.24, 2.45) is 0 Å². The summed E-state index contributed by atoms with van der Waals surface area (Å²) >= 11 is 7.01. The highest BCUT2D eigenvalue weighted by atomic mass is 35.5. The highest BCUT2D eigenvalue weighted by Gasteiger charge is 2.44. The van der Waals surface area contributed by atoms with Crippen LogP contribution in [0.15, 0.2) is 60.7 Å². The minimum Gasteiger partial charge on any atom is -0.371 e. The monoisotopic (exact) mass is 383 g/mol. The van der Waals surface area contributed by atoms with Crippen molar-refractivity contribution in [3.63, 3.8) is 0 Å². The number of likely N-dealkylation sites (tertiary alicyclic amines) is 1. The fraction of sp³-hybridized carbons (Fsp3) is 0.500. The Morgan fingerprint density at radius 3 is 2.15 bits per heavy atom. The van der Waals surface area contributed by atoms with E-state index in [-0.39, 0.29) is 11.5 Å². The molecule has 0 unspecified atom stereocenters. The molecule has 3 atom stereocenters. The van der Waals surface area contributed by atoms with Gasteiger partial charge in [0.05, 0.1) is 18.1 Å². The van der Waals surface area contributed by atoms with Crippen molar-refractivity contribution >= 4 is 11.6 Å². The summed E-state index contributed by atoms with van der Waals surface area (Å²) < 4.78 is 6.32. The van der Waals surface area contributed by atoms with E-state index in [0.717, 1.165) is 13.0 Å². The largest absolute Gasteiger partial charge is 0.371 e. The van der Waals surface area contributed by atoms with Crippen molar-refractivity contribution in [3.05, 3.63) is 71.8 Å². The lowest BCUT2D eigenvalue weighted by Crippen LogP contribution is -2.43. The maximum Gasteiger partial charge on any atom is 0.0885 e. The molecule has 0 bridgehead atoms. The summed E-state index contributed by atoms with van der Waals surface area (Å²) in [5.74, 6) is 0. The highest BCUT2D eigenvalue weighted by molar-refractivity contribution is 6.21. The first-order chi connectivity index (χ1) is 13.3. The molecule has 3 heteroatoms. The number of halogens is 1. The molecule has 2 fully saturated rings. The zero-order valence-corrected chi connectivity index (χ0v) is 16.7. The lowest BCUT2D eigenvalue weighted by molar-refractivity contribution is 0.0420. The van der Waals surface area contributed by atoms with Crippen LogP contribution in [0.1, 0.15) is 43.2 Å². The minimum absolute atomic E-state index is 0.0378. The van der Waals surface area contributed by atoms with Gasteiger partial charge in [-0.2, -0.15) is 0 Å². The first-order valence-electron chi connectivity index (χ1n) is 10.4. The molecule has 1 aliphatic heterocycles. The molecule has 2 aromatic carbocycles. The van der Waals surface area contributed by atoms with Gasteiger partial charge in [0.1, 0.15) is 0 Å². The first kappa shape index (κ1) is 19.0. The van der Waals surface area contributed by atoms with Crippen LogP contribution in [-0.4, -0.2) is 35.0 Å². The highest BCUT2D eigenvalue weighted by Crippen LogP contribution is 2.35. The molecule has 1 aliphatic carbocycles. The number of hydrogen-bond donors (Lipinski definition) is 0. The molecule has 4 rings (SSSR count). The second-order valence-electron chi connectivity index (χ2n) is 8.03. The molecule has 0 radical (unpaired) electrons. The molecule has 2 aromatic rings. The molecule has 2 nitrogen and oxygen atoms in total. The Bertz CT molecular complexity index is 686. The molecule has 0 amide bonds. The molecule has 0 N–H and O–H groups in total. The third-order valence-electron chi connectivity index (χ3n) is 6.18. The van der Waals surface area contributed by atoms with Crippen LogP contribution in [0.2, 0.25) is 0 Å². The third kappa shape index (κ3) is 4.74. The number of benzene rings is 2. The van der Waals surface area contributed by atoms with Gasteiger partial charge in [-0.15, -0.1) is 11.6 Å². The van der Waals surface area contributed by atoms with Crippen LogP contribution in [0.25, 0.3) is 0 Å². The van der Waals surface area contributed by atoms with E-state index in [1.807, 2.05) is 6.07 Å². The van der Waals surface area contributed by atoms with E-state index >= 15 is 0 Å². The SMILES string of the molecule is Cl[C@H]1[C@@H](Cc2ccccc2)N(C2CCCCC2)C[C@H]1OCc1ccccc1. The predicted octanol–water partition coefficient (Wildman–Crippen LogP) is 5.44. The Morgan fingerprint density at radius 1 is 0.852 bits per heavy atom. The minimum atomic E-state index is 0.0378. The Labute approximate surface area is 168 Å². The van der Waals surface area contributed by atoms with E-state index in [0.29, 0.717) is 18.7 Å². The quantitative estimate of drug-likeness (QED) is 0.616. The number of rotatable bonds is 6. The summed E-state index contributed by atoms with van der Waals surface area (Å²) in [5.41, 5.74) is 2.59. The summed E-state index contributed by atoms with van der Waals surface area (Å²) in [4.78, 5) is 2.68. The van der Waals surface area contributed by atoms with E-state index in [2.05, 4.69) is 59.5 Å². The van der Waals surface area contributed by atoms with E-state index in [1.54, 1.807) is 0 Å². The average molecular weight is 384 g/mol. The van der Waals surface area contributed by atoms with Gasteiger partial charge in [0.25, 0.3) is 0 Å². The van der Waals surface area contributed by atoms with E-state index in [1.165, 1.54) is 43.2 Å².